The lowest BCUT2D eigenvalue weighted by Gasteiger charge is -2.19. The van der Waals surface area contributed by atoms with E-state index < -0.39 is 11.1 Å². The number of ether oxygens (including phenoxy) is 20. The first-order chi connectivity index (χ1) is 42.6. The number of fused-ring (bicyclic) bond motifs is 2. The first-order valence-corrected chi connectivity index (χ1v) is 30.3. The molecule has 2 aromatic heterocycles. The predicted octanol–water partition coefficient (Wildman–Crippen LogP) is 5.63. The zero-order valence-corrected chi connectivity index (χ0v) is 51.0. The topological polar surface area (TPSA) is 224 Å². The maximum Gasteiger partial charge on any atom is 0.266 e. The minimum Gasteiger partial charge on any atom is -0.489 e. The second-order valence-electron chi connectivity index (χ2n) is 18.6. The molecular formula is C62H89NO22S. The molecule has 0 atom stereocenters. The van der Waals surface area contributed by atoms with Crippen LogP contribution in [0.4, 0.5) is 0 Å². The molecule has 0 amide bonds. The number of methoxy groups -OCH3 is 2. The summed E-state index contributed by atoms with van der Waals surface area (Å²) in [7, 11) is 3.28. The Labute approximate surface area is 507 Å². The minimum atomic E-state index is -0.485. The molecule has 0 unspecified atom stereocenters. The van der Waals surface area contributed by atoms with E-state index in [-0.39, 0.29) is 43.6 Å². The molecule has 0 N–H and O–H groups in total. The normalized spacial score (nSPS) is 11.9. The van der Waals surface area contributed by atoms with Gasteiger partial charge in [0.25, 0.3) is 11.1 Å². The quantitative estimate of drug-likeness (QED) is 0.0256. The highest BCUT2D eigenvalue weighted by Gasteiger charge is 2.23. The SMILES string of the molecule is COCCOCCOCCOCCOCCOCCOCCOCCOCCOc1cccc(OCCOCCOCCOCCOCCOCCOCCOCCOCCOC)c1-n1c(=O)c2ccc3sc4ccccc4c4ccc(c1=O)c2c34. The van der Waals surface area contributed by atoms with Crippen molar-refractivity contribution < 1.29 is 94.7 Å². The minimum absolute atomic E-state index is 0.118. The number of hydrogen-bond donors (Lipinski definition) is 0. The molecular weight excluding hydrogens is 1140 g/mol. The summed E-state index contributed by atoms with van der Waals surface area (Å²) in [5.41, 5.74) is -0.778. The number of hydrogen-bond acceptors (Lipinski definition) is 23. The fourth-order valence-electron chi connectivity index (χ4n) is 8.51. The molecule has 2 heterocycles. The van der Waals surface area contributed by atoms with Crippen molar-refractivity contribution in [2.45, 2.75) is 0 Å². The smallest absolute Gasteiger partial charge is 0.266 e. The van der Waals surface area contributed by atoms with Crippen molar-refractivity contribution in [2.24, 2.45) is 0 Å². The van der Waals surface area contributed by atoms with Crippen molar-refractivity contribution in [1.82, 2.24) is 4.57 Å². The van der Waals surface area contributed by atoms with Gasteiger partial charge in [-0.25, -0.2) is 4.57 Å². The molecule has 0 aliphatic heterocycles. The molecule has 24 heteroatoms. The van der Waals surface area contributed by atoms with E-state index in [9.17, 15) is 9.59 Å². The fourth-order valence-corrected chi connectivity index (χ4v) is 9.63. The lowest BCUT2D eigenvalue weighted by atomic mass is 9.97. The van der Waals surface area contributed by atoms with Crippen molar-refractivity contribution in [3.05, 3.63) is 87.4 Å². The van der Waals surface area contributed by atoms with Crippen LogP contribution < -0.4 is 20.6 Å². The standard InChI is InChI=1S/C62H89NO22S/c1-66-14-16-68-18-20-70-22-24-72-26-28-74-30-32-76-34-36-78-38-40-80-42-44-82-46-48-84-54-7-5-8-55(60(54)63-61(64)52-11-10-51-50-6-3-4-9-56(50)86-57-13-12-53(62(63)65)58(52)59(51)57)85-49-47-83-45-43-81-41-39-79-37-35-77-33-31-75-29-27-73-25-23-71-21-19-69-17-15-67-2/h3-13H,14-49H2,1-2H3. The predicted molar refractivity (Wildman–Crippen MR) is 325 cm³/mol. The summed E-state index contributed by atoms with van der Waals surface area (Å²) in [6.07, 6.45) is 0. The van der Waals surface area contributed by atoms with E-state index in [1.54, 1.807) is 49.8 Å². The lowest BCUT2D eigenvalue weighted by molar-refractivity contribution is -0.0247. The Morgan fingerprint density at radius 2 is 0.570 bits per heavy atom. The molecule has 0 bridgehead atoms. The van der Waals surface area contributed by atoms with Gasteiger partial charge in [0, 0.05) is 45.2 Å². The second-order valence-corrected chi connectivity index (χ2v) is 19.7. The van der Waals surface area contributed by atoms with Gasteiger partial charge < -0.3 is 94.7 Å². The van der Waals surface area contributed by atoms with Gasteiger partial charge in [0.05, 0.1) is 225 Å². The molecule has 0 aliphatic rings. The van der Waals surface area contributed by atoms with Gasteiger partial charge in [0.15, 0.2) is 0 Å². The van der Waals surface area contributed by atoms with Crippen LogP contribution in [-0.2, 0) is 85.3 Å². The largest absolute Gasteiger partial charge is 0.489 e. The van der Waals surface area contributed by atoms with E-state index >= 15 is 0 Å². The monoisotopic (exact) mass is 1230 g/mol. The average molecular weight is 1230 g/mol. The van der Waals surface area contributed by atoms with E-state index in [1.807, 2.05) is 30.3 Å². The maximum atomic E-state index is 14.7. The maximum absolute atomic E-state index is 14.7. The summed E-state index contributed by atoms with van der Waals surface area (Å²) in [4.78, 5) is 29.5. The van der Waals surface area contributed by atoms with Crippen LogP contribution in [0, 0.1) is 0 Å². The molecule has 0 aliphatic carbocycles. The molecule has 0 saturated carbocycles. The third kappa shape index (κ3) is 26.2. The second kappa shape index (κ2) is 45.6. The van der Waals surface area contributed by atoms with Crippen LogP contribution in [0.15, 0.2) is 76.3 Å². The van der Waals surface area contributed by atoms with Gasteiger partial charge in [-0.3, -0.25) is 9.59 Å². The fraction of sp³-hybridized carbons (Fsp3) is 0.613. The Kier molecular flexibility index (Phi) is 37.4. The number of nitrogens with zero attached hydrogens (tertiary/aromatic N) is 1. The average Bonchev–Trinajstić information content (AvgIpc) is 0.931. The highest BCUT2D eigenvalue weighted by Crippen LogP contribution is 2.40. The van der Waals surface area contributed by atoms with Crippen molar-refractivity contribution in [1.29, 1.82) is 0 Å². The molecule has 6 aromatic rings. The Balaban J connectivity index is 0.855. The number of pyridine rings is 1. The molecule has 0 radical (unpaired) electrons. The van der Waals surface area contributed by atoms with Crippen LogP contribution in [0.5, 0.6) is 11.5 Å². The summed E-state index contributed by atoms with van der Waals surface area (Å²) in [6, 6.07) is 20.8. The molecule has 4 aromatic carbocycles. The van der Waals surface area contributed by atoms with Gasteiger partial charge in [-0.05, 0) is 47.2 Å². The van der Waals surface area contributed by atoms with Crippen LogP contribution in [0.25, 0.3) is 47.4 Å². The number of aromatic nitrogens is 1. The molecule has 0 spiro atoms. The van der Waals surface area contributed by atoms with E-state index in [1.165, 1.54) is 0 Å². The molecule has 0 fully saturated rings. The molecule has 6 rings (SSSR count). The summed E-state index contributed by atoms with van der Waals surface area (Å²) in [6.45, 7) is 15.5. The Morgan fingerprint density at radius 1 is 0.279 bits per heavy atom. The zero-order valence-electron chi connectivity index (χ0n) is 50.1. The number of para-hydroxylation sites is 1. The lowest BCUT2D eigenvalue weighted by Crippen LogP contribution is -2.33. The summed E-state index contributed by atoms with van der Waals surface area (Å²) in [5.74, 6) is 0.555. The van der Waals surface area contributed by atoms with Gasteiger partial charge in [0.1, 0.15) is 30.4 Å². The van der Waals surface area contributed by atoms with Gasteiger partial charge >= 0.3 is 0 Å². The van der Waals surface area contributed by atoms with E-state index in [2.05, 4.69) is 12.1 Å². The Morgan fingerprint density at radius 3 is 0.907 bits per heavy atom. The summed E-state index contributed by atoms with van der Waals surface area (Å²) < 4.78 is 115. The van der Waals surface area contributed by atoms with E-state index in [0.717, 1.165) is 30.1 Å². The van der Waals surface area contributed by atoms with Gasteiger partial charge in [-0.15, -0.1) is 11.3 Å². The van der Waals surface area contributed by atoms with Gasteiger partial charge in [-0.1, -0.05) is 30.3 Å². The van der Waals surface area contributed by atoms with Gasteiger partial charge in [0.2, 0.25) is 0 Å². The van der Waals surface area contributed by atoms with Crippen LogP contribution in [-0.4, -0.2) is 257 Å². The highest BCUT2D eigenvalue weighted by molar-refractivity contribution is 7.25. The highest BCUT2D eigenvalue weighted by atomic mass is 32.1. The third-order valence-corrected chi connectivity index (χ3v) is 13.8. The number of rotatable bonds is 57. The van der Waals surface area contributed by atoms with E-state index in [0.29, 0.717) is 228 Å². The van der Waals surface area contributed by atoms with Crippen molar-refractivity contribution in [3.63, 3.8) is 0 Å². The molecule has 480 valence electrons. The van der Waals surface area contributed by atoms with Crippen molar-refractivity contribution in [3.8, 4) is 17.2 Å². The van der Waals surface area contributed by atoms with Crippen LogP contribution >= 0.6 is 11.3 Å². The first kappa shape index (κ1) is 70.5. The van der Waals surface area contributed by atoms with Crippen LogP contribution in [0.1, 0.15) is 0 Å². The van der Waals surface area contributed by atoms with E-state index in [4.69, 9.17) is 94.7 Å². The molecule has 23 nitrogen and oxygen atoms in total. The Bertz CT molecular complexity index is 2690. The van der Waals surface area contributed by atoms with Gasteiger partial charge in [-0.2, -0.15) is 0 Å². The summed E-state index contributed by atoms with van der Waals surface area (Å²) in [5, 5.41) is 4.39. The van der Waals surface area contributed by atoms with Crippen molar-refractivity contribution >= 4 is 53.1 Å². The molecule has 0 saturated heterocycles. The number of benzene rings is 4. The summed E-state index contributed by atoms with van der Waals surface area (Å²) >= 11 is 1.63. The van der Waals surface area contributed by atoms with Crippen LogP contribution in [0.3, 0.4) is 0 Å². The Hall–Kier alpha value is -4.62. The zero-order chi connectivity index (χ0) is 60.2. The van der Waals surface area contributed by atoms with Crippen molar-refractivity contribution in [2.75, 3.05) is 252 Å². The third-order valence-electron chi connectivity index (χ3n) is 12.6. The molecule has 86 heavy (non-hydrogen) atoms. The first-order valence-electron chi connectivity index (χ1n) is 29.5. The van der Waals surface area contributed by atoms with Crippen LogP contribution in [0.2, 0.25) is 0 Å².